The van der Waals surface area contributed by atoms with Gasteiger partial charge in [0.05, 0.1) is 0 Å². The molecule has 4 nitrogen and oxygen atoms in total. The van der Waals surface area contributed by atoms with E-state index in [4.69, 9.17) is 0 Å². The van der Waals surface area contributed by atoms with Gasteiger partial charge in [-0.2, -0.15) is 0 Å². The highest BCUT2D eigenvalue weighted by Crippen LogP contribution is 1.91. The number of hydrogen-bond acceptors (Lipinski definition) is 2. The van der Waals surface area contributed by atoms with Crippen LogP contribution in [0.2, 0.25) is 0 Å². The zero-order valence-corrected chi connectivity index (χ0v) is 11.3. The van der Waals surface area contributed by atoms with Crippen LogP contribution < -0.4 is 5.32 Å². The van der Waals surface area contributed by atoms with Gasteiger partial charge in [0.1, 0.15) is 0 Å². The lowest BCUT2D eigenvalue weighted by Crippen LogP contribution is -2.43. The van der Waals surface area contributed by atoms with Gasteiger partial charge < -0.3 is 15.1 Å². The van der Waals surface area contributed by atoms with Crippen molar-refractivity contribution in [3.05, 3.63) is 0 Å². The lowest BCUT2D eigenvalue weighted by Gasteiger charge is -2.22. The minimum atomic E-state index is 0.0533. The molecule has 0 aliphatic rings. The fourth-order valence-corrected chi connectivity index (χ4v) is 1.69. The average molecular weight is 229 g/mol. The summed E-state index contributed by atoms with van der Waals surface area (Å²) in [7, 11) is 0. The molecule has 0 radical (unpaired) electrons. The fourth-order valence-electron chi connectivity index (χ4n) is 1.69. The lowest BCUT2D eigenvalue weighted by molar-refractivity contribution is 0.200. The largest absolute Gasteiger partial charge is 0.337 e. The van der Waals surface area contributed by atoms with Crippen molar-refractivity contribution in [3.8, 4) is 0 Å². The third-order valence-electron chi connectivity index (χ3n) is 2.74. The van der Waals surface area contributed by atoms with Gasteiger partial charge in [-0.15, -0.1) is 0 Å². The van der Waals surface area contributed by atoms with Crippen LogP contribution in [0.25, 0.3) is 0 Å². The van der Waals surface area contributed by atoms with E-state index in [-0.39, 0.29) is 6.03 Å². The molecule has 0 aromatic heterocycles. The van der Waals surface area contributed by atoms with E-state index >= 15 is 0 Å². The normalized spacial score (nSPS) is 10.6. The highest BCUT2D eigenvalue weighted by atomic mass is 16.2. The molecule has 0 aromatic rings. The summed E-state index contributed by atoms with van der Waals surface area (Å²) in [5, 5.41) is 2.95. The molecule has 0 fully saturated rings. The third-order valence-corrected chi connectivity index (χ3v) is 2.74. The first-order chi connectivity index (χ1) is 7.69. The highest BCUT2D eigenvalue weighted by molar-refractivity contribution is 5.73. The second-order valence-electron chi connectivity index (χ2n) is 3.84. The Balaban J connectivity index is 3.74. The van der Waals surface area contributed by atoms with Crippen molar-refractivity contribution in [3.63, 3.8) is 0 Å². The molecule has 0 saturated heterocycles. The van der Waals surface area contributed by atoms with E-state index in [1.54, 1.807) is 4.90 Å². The number of hydrogen-bond donors (Lipinski definition) is 1. The number of nitrogens with zero attached hydrogens (tertiary/aromatic N) is 2. The Morgan fingerprint density at radius 3 is 2.06 bits per heavy atom. The summed E-state index contributed by atoms with van der Waals surface area (Å²) in [5.74, 6) is 0. The summed E-state index contributed by atoms with van der Waals surface area (Å²) in [4.78, 5) is 15.8. The van der Waals surface area contributed by atoms with Gasteiger partial charge in [0.15, 0.2) is 0 Å². The summed E-state index contributed by atoms with van der Waals surface area (Å²) in [6.07, 6.45) is 1.16. The molecular weight excluding hydrogens is 202 g/mol. The first kappa shape index (κ1) is 15.2. The van der Waals surface area contributed by atoms with Gasteiger partial charge in [-0.3, -0.25) is 0 Å². The van der Waals surface area contributed by atoms with Crippen LogP contribution in [0.4, 0.5) is 4.79 Å². The van der Waals surface area contributed by atoms with E-state index in [0.717, 1.165) is 45.7 Å². The van der Waals surface area contributed by atoms with Gasteiger partial charge in [-0.1, -0.05) is 13.8 Å². The standard InChI is InChI=1S/C12H27N3O/c1-5-10-14(6-2)11-9-13-12(16)15(7-3)8-4/h5-11H2,1-4H3,(H,13,16). The predicted molar refractivity (Wildman–Crippen MR) is 68.7 cm³/mol. The van der Waals surface area contributed by atoms with Gasteiger partial charge >= 0.3 is 6.03 Å². The van der Waals surface area contributed by atoms with Crippen molar-refractivity contribution >= 4 is 6.03 Å². The van der Waals surface area contributed by atoms with Crippen LogP contribution in [0, 0.1) is 0 Å². The second kappa shape index (κ2) is 9.46. The molecule has 0 unspecified atom stereocenters. The molecule has 0 saturated carbocycles. The van der Waals surface area contributed by atoms with Gasteiger partial charge in [-0.05, 0) is 33.4 Å². The van der Waals surface area contributed by atoms with Crippen molar-refractivity contribution in [1.29, 1.82) is 0 Å². The first-order valence-corrected chi connectivity index (χ1v) is 6.44. The van der Waals surface area contributed by atoms with E-state index < -0.39 is 0 Å². The van der Waals surface area contributed by atoms with Crippen LogP contribution in [-0.2, 0) is 0 Å². The Kier molecular flexibility index (Phi) is 9.00. The van der Waals surface area contributed by atoms with Crippen molar-refractivity contribution in [2.45, 2.75) is 34.1 Å². The number of likely N-dealkylation sites (N-methyl/N-ethyl adjacent to an activating group) is 1. The Morgan fingerprint density at radius 1 is 1.00 bits per heavy atom. The van der Waals surface area contributed by atoms with E-state index in [0.29, 0.717) is 0 Å². The molecule has 16 heavy (non-hydrogen) atoms. The summed E-state index contributed by atoms with van der Waals surface area (Å²) in [6.45, 7) is 13.7. The van der Waals surface area contributed by atoms with Crippen LogP contribution in [0.1, 0.15) is 34.1 Å². The molecule has 0 spiro atoms. The maximum atomic E-state index is 11.6. The molecule has 0 atom stereocenters. The number of amides is 2. The Labute approximate surface area is 100.0 Å². The summed E-state index contributed by atoms with van der Waals surface area (Å²) >= 11 is 0. The maximum absolute atomic E-state index is 11.6. The van der Waals surface area contributed by atoms with Crippen molar-refractivity contribution in [2.24, 2.45) is 0 Å². The first-order valence-electron chi connectivity index (χ1n) is 6.44. The van der Waals surface area contributed by atoms with Crippen LogP contribution in [0.15, 0.2) is 0 Å². The van der Waals surface area contributed by atoms with Crippen LogP contribution in [-0.4, -0.2) is 55.1 Å². The molecular formula is C12H27N3O. The number of carbonyl (C=O) groups is 1. The quantitative estimate of drug-likeness (QED) is 0.688. The van der Waals surface area contributed by atoms with Crippen LogP contribution >= 0.6 is 0 Å². The summed E-state index contributed by atoms with van der Waals surface area (Å²) in [5.41, 5.74) is 0. The zero-order chi connectivity index (χ0) is 12.4. The van der Waals surface area contributed by atoms with Gasteiger partial charge in [0.2, 0.25) is 0 Å². The SMILES string of the molecule is CCCN(CC)CCNC(=O)N(CC)CC. The minimum absolute atomic E-state index is 0.0533. The predicted octanol–water partition coefficient (Wildman–Crippen LogP) is 1.77. The molecule has 0 rings (SSSR count). The Hall–Kier alpha value is -0.770. The molecule has 0 aromatic carbocycles. The number of rotatable bonds is 8. The summed E-state index contributed by atoms with van der Waals surface area (Å²) in [6, 6.07) is 0.0533. The van der Waals surface area contributed by atoms with Gasteiger partial charge in [0, 0.05) is 26.2 Å². The topological polar surface area (TPSA) is 35.6 Å². The number of urea groups is 1. The monoisotopic (exact) mass is 229 g/mol. The maximum Gasteiger partial charge on any atom is 0.317 e. The molecule has 0 bridgehead atoms. The molecule has 96 valence electrons. The number of carbonyl (C=O) groups excluding carboxylic acids is 1. The third kappa shape index (κ3) is 5.95. The molecule has 1 N–H and O–H groups in total. The van der Waals surface area contributed by atoms with Crippen molar-refractivity contribution < 1.29 is 4.79 Å². The minimum Gasteiger partial charge on any atom is -0.337 e. The van der Waals surface area contributed by atoms with Gasteiger partial charge in [-0.25, -0.2) is 4.79 Å². The van der Waals surface area contributed by atoms with Crippen LogP contribution in [0.3, 0.4) is 0 Å². The molecule has 0 aliphatic heterocycles. The van der Waals surface area contributed by atoms with E-state index in [2.05, 4.69) is 24.1 Å². The van der Waals surface area contributed by atoms with Gasteiger partial charge in [0.25, 0.3) is 0 Å². The Morgan fingerprint density at radius 2 is 1.62 bits per heavy atom. The molecule has 0 aliphatic carbocycles. The highest BCUT2D eigenvalue weighted by Gasteiger charge is 2.08. The lowest BCUT2D eigenvalue weighted by atomic mass is 10.4. The van der Waals surface area contributed by atoms with Crippen LogP contribution in [0.5, 0.6) is 0 Å². The van der Waals surface area contributed by atoms with E-state index in [1.807, 2.05) is 13.8 Å². The van der Waals surface area contributed by atoms with Crippen molar-refractivity contribution in [1.82, 2.24) is 15.1 Å². The summed E-state index contributed by atoms with van der Waals surface area (Å²) < 4.78 is 0. The number of nitrogens with one attached hydrogen (secondary N) is 1. The smallest absolute Gasteiger partial charge is 0.317 e. The molecule has 0 heterocycles. The van der Waals surface area contributed by atoms with Crippen molar-refractivity contribution in [2.75, 3.05) is 39.3 Å². The molecule has 4 heteroatoms. The molecule has 2 amide bonds. The Bertz CT molecular complexity index is 181. The zero-order valence-electron chi connectivity index (χ0n) is 11.3. The second-order valence-corrected chi connectivity index (χ2v) is 3.84. The van der Waals surface area contributed by atoms with E-state index in [9.17, 15) is 4.79 Å². The van der Waals surface area contributed by atoms with E-state index in [1.165, 1.54) is 0 Å². The fraction of sp³-hybridized carbons (Fsp3) is 0.917. The average Bonchev–Trinajstić information content (AvgIpc) is 2.29.